The first-order valence-corrected chi connectivity index (χ1v) is 11.5. The lowest BCUT2D eigenvalue weighted by Crippen LogP contribution is -2.29. The number of rotatable bonds is 5. The van der Waals surface area contributed by atoms with E-state index in [1.807, 2.05) is 38.1 Å². The molecule has 0 spiro atoms. The lowest BCUT2D eigenvalue weighted by atomic mass is 9.93. The fourth-order valence-corrected chi connectivity index (χ4v) is 4.81. The van der Waals surface area contributed by atoms with Crippen LogP contribution in [0, 0.1) is 13.8 Å². The Balaban J connectivity index is 1.91. The largest absolute Gasteiger partial charge is 0.507 e. The molecule has 2 heterocycles. The number of carbonyl (C=O) groups excluding carboxylic acids is 2. The zero-order valence-corrected chi connectivity index (χ0v) is 20.1. The third-order valence-electron chi connectivity index (χ3n) is 5.95. The summed E-state index contributed by atoms with van der Waals surface area (Å²) < 4.78 is 5.19. The van der Waals surface area contributed by atoms with Crippen molar-refractivity contribution in [3.8, 4) is 5.75 Å². The number of aromatic nitrogens is 1. The highest BCUT2D eigenvalue weighted by atomic mass is 32.1. The van der Waals surface area contributed by atoms with Gasteiger partial charge in [-0.3, -0.25) is 14.5 Å². The van der Waals surface area contributed by atoms with Crippen LogP contribution in [0.4, 0.5) is 5.13 Å². The van der Waals surface area contributed by atoms with Gasteiger partial charge in [-0.15, -0.1) is 11.3 Å². The van der Waals surface area contributed by atoms with Crippen molar-refractivity contribution < 1.29 is 19.4 Å². The lowest BCUT2D eigenvalue weighted by molar-refractivity contribution is -0.132. The Kier molecular flexibility index (Phi) is 6.08. The van der Waals surface area contributed by atoms with Crippen molar-refractivity contribution in [2.24, 2.45) is 0 Å². The van der Waals surface area contributed by atoms with Gasteiger partial charge < -0.3 is 9.84 Å². The second-order valence-corrected chi connectivity index (χ2v) is 9.54. The van der Waals surface area contributed by atoms with E-state index in [-0.39, 0.29) is 11.3 Å². The summed E-state index contributed by atoms with van der Waals surface area (Å²) >= 11 is 1.36. The fraction of sp³-hybridized carbons (Fsp3) is 0.269. The summed E-state index contributed by atoms with van der Waals surface area (Å²) in [5.41, 5.74) is 3.17. The van der Waals surface area contributed by atoms with Crippen molar-refractivity contribution in [1.82, 2.24) is 4.98 Å². The van der Waals surface area contributed by atoms with Crippen LogP contribution in [0.25, 0.3) is 5.76 Å². The van der Waals surface area contributed by atoms with Crippen LogP contribution in [0.1, 0.15) is 53.1 Å². The molecule has 1 aliphatic rings. The van der Waals surface area contributed by atoms with Crippen molar-refractivity contribution >= 4 is 33.9 Å². The molecule has 170 valence electrons. The first-order chi connectivity index (χ1) is 15.7. The van der Waals surface area contributed by atoms with E-state index in [1.165, 1.54) is 16.2 Å². The van der Waals surface area contributed by atoms with Gasteiger partial charge in [0.1, 0.15) is 11.5 Å². The molecule has 7 heteroatoms. The van der Waals surface area contributed by atoms with Crippen molar-refractivity contribution in [1.29, 1.82) is 0 Å². The number of nitrogens with zero attached hydrogens (tertiary/aromatic N) is 2. The molecule has 1 aliphatic heterocycles. The van der Waals surface area contributed by atoms with Gasteiger partial charge in [0.25, 0.3) is 5.78 Å². The molecule has 0 radical (unpaired) electrons. The van der Waals surface area contributed by atoms with Crippen LogP contribution >= 0.6 is 11.3 Å². The highest BCUT2D eigenvalue weighted by molar-refractivity contribution is 7.16. The first-order valence-electron chi connectivity index (χ1n) is 10.7. The average Bonchev–Trinajstić information content (AvgIpc) is 3.28. The zero-order chi connectivity index (χ0) is 23.9. The summed E-state index contributed by atoms with van der Waals surface area (Å²) in [6, 6.07) is 13.8. The Labute approximate surface area is 197 Å². The molecule has 33 heavy (non-hydrogen) atoms. The van der Waals surface area contributed by atoms with Gasteiger partial charge in [0.15, 0.2) is 5.13 Å². The standard InChI is InChI=1S/C26H26N2O4S/c1-14(2)17-6-8-18(9-7-17)22-21(23(29)19-10-12-20(32-5)13-11-19)24(30)25(31)28(22)26-27-15(3)16(4)33-26/h6-14,22,29H,1-5H3. The highest BCUT2D eigenvalue weighted by Crippen LogP contribution is 2.44. The quantitative estimate of drug-likeness (QED) is 0.307. The predicted octanol–water partition coefficient (Wildman–Crippen LogP) is 5.52. The summed E-state index contributed by atoms with van der Waals surface area (Å²) in [5, 5.41) is 11.6. The van der Waals surface area contributed by atoms with Gasteiger partial charge in [-0.1, -0.05) is 38.1 Å². The van der Waals surface area contributed by atoms with E-state index < -0.39 is 17.7 Å². The van der Waals surface area contributed by atoms with Crippen LogP contribution in [-0.2, 0) is 9.59 Å². The number of Topliss-reactive ketones (excluding diaryl/α,β-unsaturated/α-hetero) is 1. The molecule has 0 bridgehead atoms. The van der Waals surface area contributed by atoms with E-state index in [2.05, 4.69) is 18.8 Å². The topological polar surface area (TPSA) is 79.7 Å². The summed E-state index contributed by atoms with van der Waals surface area (Å²) in [5.74, 6) is -0.680. The summed E-state index contributed by atoms with van der Waals surface area (Å²) in [6.07, 6.45) is 0. The molecular formula is C26H26N2O4S. The Morgan fingerprint density at radius 1 is 1.06 bits per heavy atom. The Hall–Kier alpha value is -3.45. The van der Waals surface area contributed by atoms with Crippen LogP contribution in [0.5, 0.6) is 5.75 Å². The number of benzene rings is 2. The highest BCUT2D eigenvalue weighted by Gasteiger charge is 2.48. The molecule has 4 rings (SSSR count). The predicted molar refractivity (Wildman–Crippen MR) is 130 cm³/mol. The first kappa shape index (κ1) is 22.7. The van der Waals surface area contributed by atoms with E-state index in [9.17, 15) is 14.7 Å². The molecule has 1 aromatic heterocycles. The summed E-state index contributed by atoms with van der Waals surface area (Å²) in [7, 11) is 1.55. The second kappa shape index (κ2) is 8.83. The smallest absolute Gasteiger partial charge is 0.301 e. The van der Waals surface area contributed by atoms with Gasteiger partial charge in [0.2, 0.25) is 0 Å². The van der Waals surface area contributed by atoms with Crippen LogP contribution < -0.4 is 9.64 Å². The molecule has 6 nitrogen and oxygen atoms in total. The van der Waals surface area contributed by atoms with Crippen LogP contribution in [0.2, 0.25) is 0 Å². The molecule has 1 atom stereocenters. The van der Waals surface area contributed by atoms with Crippen LogP contribution in [0.3, 0.4) is 0 Å². The number of hydrogen-bond acceptors (Lipinski definition) is 6. The second-order valence-electron chi connectivity index (χ2n) is 8.36. The molecule has 1 amide bonds. The number of thiazole rings is 1. The Morgan fingerprint density at radius 3 is 2.21 bits per heavy atom. The number of hydrogen-bond donors (Lipinski definition) is 1. The van der Waals surface area contributed by atoms with Crippen LogP contribution in [-0.4, -0.2) is 28.9 Å². The summed E-state index contributed by atoms with van der Waals surface area (Å²) in [4.78, 5) is 33.3. The molecule has 0 aliphatic carbocycles. The number of carbonyl (C=O) groups is 2. The Bertz CT molecular complexity index is 1220. The molecule has 1 N–H and O–H groups in total. The monoisotopic (exact) mass is 462 g/mol. The molecule has 1 unspecified atom stereocenters. The zero-order valence-electron chi connectivity index (χ0n) is 19.2. The molecule has 2 aromatic carbocycles. The minimum absolute atomic E-state index is 0.0490. The van der Waals surface area contributed by atoms with Gasteiger partial charge in [0.05, 0.1) is 24.4 Å². The number of methoxy groups -OCH3 is 1. The van der Waals surface area contributed by atoms with E-state index in [0.717, 1.165) is 21.7 Å². The van der Waals surface area contributed by atoms with Crippen molar-refractivity contribution in [3.63, 3.8) is 0 Å². The average molecular weight is 463 g/mol. The number of anilines is 1. The lowest BCUT2D eigenvalue weighted by Gasteiger charge is -2.23. The minimum Gasteiger partial charge on any atom is -0.507 e. The minimum atomic E-state index is -0.779. The van der Waals surface area contributed by atoms with Crippen molar-refractivity contribution in [2.75, 3.05) is 12.0 Å². The molecule has 1 saturated heterocycles. The van der Waals surface area contributed by atoms with E-state index in [0.29, 0.717) is 22.4 Å². The maximum atomic E-state index is 13.2. The number of amides is 1. The van der Waals surface area contributed by atoms with E-state index >= 15 is 0 Å². The van der Waals surface area contributed by atoms with E-state index in [4.69, 9.17) is 4.74 Å². The number of aliphatic hydroxyl groups excluding tert-OH is 1. The molecule has 1 fully saturated rings. The maximum Gasteiger partial charge on any atom is 0.301 e. The van der Waals surface area contributed by atoms with Crippen molar-refractivity contribution in [2.45, 2.75) is 39.7 Å². The number of ketones is 1. The van der Waals surface area contributed by atoms with Gasteiger partial charge in [-0.2, -0.15) is 0 Å². The normalized spacial score (nSPS) is 17.8. The van der Waals surface area contributed by atoms with Gasteiger partial charge in [0, 0.05) is 10.4 Å². The number of aliphatic hydroxyl groups is 1. The third kappa shape index (κ3) is 4.04. The maximum absolute atomic E-state index is 13.2. The molecule has 3 aromatic rings. The molecule has 0 saturated carbocycles. The van der Waals surface area contributed by atoms with Gasteiger partial charge >= 0.3 is 5.91 Å². The number of aryl methyl sites for hydroxylation is 2. The SMILES string of the molecule is COc1ccc(C(O)=C2C(=O)C(=O)N(c3nc(C)c(C)s3)C2c2ccc(C(C)C)cc2)cc1. The van der Waals surface area contributed by atoms with Gasteiger partial charge in [-0.05, 0) is 55.2 Å². The van der Waals surface area contributed by atoms with Gasteiger partial charge in [-0.25, -0.2) is 4.98 Å². The van der Waals surface area contributed by atoms with E-state index in [1.54, 1.807) is 31.4 Å². The third-order valence-corrected chi connectivity index (χ3v) is 7.02. The van der Waals surface area contributed by atoms with Crippen molar-refractivity contribution in [3.05, 3.63) is 81.4 Å². The number of ether oxygens (including phenoxy) is 1. The molecular weight excluding hydrogens is 436 g/mol. The summed E-state index contributed by atoms with van der Waals surface area (Å²) in [6.45, 7) is 8.00. The fourth-order valence-electron chi connectivity index (χ4n) is 3.87. The van der Waals surface area contributed by atoms with Crippen LogP contribution in [0.15, 0.2) is 54.1 Å². The Morgan fingerprint density at radius 2 is 1.70 bits per heavy atom.